The van der Waals surface area contributed by atoms with Crippen LogP contribution in [0.4, 0.5) is 0 Å². The van der Waals surface area contributed by atoms with E-state index in [1.807, 2.05) is 17.0 Å². The van der Waals surface area contributed by atoms with Crippen molar-refractivity contribution in [2.75, 3.05) is 26.2 Å². The predicted octanol–water partition coefficient (Wildman–Crippen LogP) is 2.49. The van der Waals surface area contributed by atoms with E-state index in [0.717, 1.165) is 36.9 Å². The maximum Gasteiger partial charge on any atom is 0.225 e. The van der Waals surface area contributed by atoms with Crippen LogP contribution in [-0.2, 0) is 9.53 Å². The van der Waals surface area contributed by atoms with E-state index in [4.69, 9.17) is 4.74 Å². The first-order valence-electron chi connectivity index (χ1n) is 7.61. The number of hydrogen-bond donors (Lipinski definition) is 1. The van der Waals surface area contributed by atoms with E-state index < -0.39 is 0 Å². The van der Waals surface area contributed by atoms with Crippen LogP contribution in [0.25, 0.3) is 0 Å². The van der Waals surface area contributed by atoms with E-state index in [-0.39, 0.29) is 18.1 Å². The summed E-state index contributed by atoms with van der Waals surface area (Å²) >= 11 is 3.51. The molecule has 114 valence electrons. The summed E-state index contributed by atoms with van der Waals surface area (Å²) in [6.45, 7) is 3.22. The number of hydrogen-bond acceptors (Lipinski definition) is 3. The minimum absolute atomic E-state index is 0.0232. The van der Waals surface area contributed by atoms with Gasteiger partial charge in [-0.25, -0.2) is 0 Å². The summed E-state index contributed by atoms with van der Waals surface area (Å²) in [5.41, 5.74) is 1.22. The average molecular weight is 353 g/mol. The van der Waals surface area contributed by atoms with Gasteiger partial charge in [-0.2, -0.15) is 0 Å². The Morgan fingerprint density at radius 2 is 2.38 bits per heavy atom. The predicted molar refractivity (Wildman–Crippen MR) is 85.1 cm³/mol. The molecule has 4 nitrogen and oxygen atoms in total. The van der Waals surface area contributed by atoms with Gasteiger partial charge in [0.05, 0.1) is 25.2 Å². The Hall–Kier alpha value is -0.910. The van der Waals surface area contributed by atoms with Crippen molar-refractivity contribution in [2.45, 2.75) is 31.4 Å². The van der Waals surface area contributed by atoms with Crippen molar-refractivity contribution in [3.05, 3.63) is 34.3 Å². The van der Waals surface area contributed by atoms with Crippen LogP contribution in [0, 0.1) is 0 Å². The number of benzene rings is 1. The Labute approximate surface area is 134 Å². The van der Waals surface area contributed by atoms with Crippen LogP contribution in [-0.4, -0.2) is 43.2 Å². The monoisotopic (exact) mass is 352 g/mol. The van der Waals surface area contributed by atoms with Crippen LogP contribution >= 0.6 is 15.9 Å². The normalized spacial score (nSPS) is 26.0. The van der Waals surface area contributed by atoms with Gasteiger partial charge in [-0.1, -0.05) is 28.1 Å². The largest absolute Gasteiger partial charge is 0.375 e. The van der Waals surface area contributed by atoms with Crippen molar-refractivity contribution in [3.63, 3.8) is 0 Å². The number of nitrogens with one attached hydrogen (secondary N) is 1. The lowest BCUT2D eigenvalue weighted by Gasteiger charge is -2.29. The van der Waals surface area contributed by atoms with Crippen LogP contribution in [0.2, 0.25) is 0 Å². The highest BCUT2D eigenvalue weighted by atomic mass is 79.9. The van der Waals surface area contributed by atoms with Crippen molar-refractivity contribution in [1.29, 1.82) is 0 Å². The Balaban J connectivity index is 1.67. The summed E-state index contributed by atoms with van der Waals surface area (Å²) in [5, 5.41) is 3.28. The Morgan fingerprint density at radius 3 is 3.14 bits per heavy atom. The fourth-order valence-corrected chi connectivity index (χ4v) is 3.61. The van der Waals surface area contributed by atoms with Gasteiger partial charge in [-0.05, 0) is 30.5 Å². The first-order valence-corrected chi connectivity index (χ1v) is 8.40. The van der Waals surface area contributed by atoms with Gasteiger partial charge in [0.15, 0.2) is 0 Å². The zero-order chi connectivity index (χ0) is 14.7. The quantitative estimate of drug-likeness (QED) is 0.908. The number of rotatable bonds is 3. The third-order valence-corrected chi connectivity index (χ3v) is 4.71. The first kappa shape index (κ1) is 15.0. The molecule has 0 aromatic heterocycles. The lowest BCUT2D eigenvalue weighted by molar-refractivity contribution is -0.135. The molecule has 0 saturated carbocycles. The minimum Gasteiger partial charge on any atom is -0.375 e. The average Bonchev–Trinajstić information content (AvgIpc) is 2.98. The van der Waals surface area contributed by atoms with Crippen LogP contribution in [0.3, 0.4) is 0 Å². The Bertz CT molecular complexity index is 503. The summed E-state index contributed by atoms with van der Waals surface area (Å²) in [4.78, 5) is 14.6. The van der Waals surface area contributed by atoms with Gasteiger partial charge in [0, 0.05) is 24.1 Å². The number of carbonyl (C=O) groups is 1. The zero-order valence-corrected chi connectivity index (χ0v) is 13.6. The van der Waals surface area contributed by atoms with Crippen molar-refractivity contribution in [3.8, 4) is 0 Å². The Kier molecular flexibility index (Phi) is 4.93. The zero-order valence-electron chi connectivity index (χ0n) is 12.1. The van der Waals surface area contributed by atoms with Gasteiger partial charge >= 0.3 is 0 Å². The molecule has 0 bridgehead atoms. The van der Waals surface area contributed by atoms with Gasteiger partial charge in [-0.15, -0.1) is 0 Å². The molecule has 2 unspecified atom stereocenters. The van der Waals surface area contributed by atoms with Gasteiger partial charge in [0.25, 0.3) is 0 Å². The molecule has 1 aromatic carbocycles. The second-order valence-electron chi connectivity index (χ2n) is 5.70. The minimum atomic E-state index is 0.0232. The van der Waals surface area contributed by atoms with Crippen molar-refractivity contribution >= 4 is 21.8 Å². The van der Waals surface area contributed by atoms with E-state index in [1.54, 1.807) is 0 Å². The molecule has 2 aliphatic rings. The summed E-state index contributed by atoms with van der Waals surface area (Å²) in [6, 6.07) is 8.50. The van der Waals surface area contributed by atoms with Crippen molar-refractivity contribution in [1.82, 2.24) is 10.2 Å². The summed E-state index contributed by atoms with van der Waals surface area (Å²) in [5.74, 6) is 0.214. The number of morpholine rings is 1. The molecule has 0 spiro atoms. The number of halogens is 1. The molecule has 0 aliphatic carbocycles. The highest BCUT2D eigenvalue weighted by Crippen LogP contribution is 2.33. The van der Waals surface area contributed by atoms with E-state index in [0.29, 0.717) is 13.0 Å². The third kappa shape index (κ3) is 3.65. The lowest BCUT2D eigenvalue weighted by Crippen LogP contribution is -2.42. The summed E-state index contributed by atoms with van der Waals surface area (Å²) in [7, 11) is 0. The molecule has 2 atom stereocenters. The molecule has 1 aromatic rings. The smallest absolute Gasteiger partial charge is 0.225 e. The van der Waals surface area contributed by atoms with Gasteiger partial charge in [0.2, 0.25) is 5.91 Å². The number of amides is 1. The van der Waals surface area contributed by atoms with E-state index in [1.165, 1.54) is 5.56 Å². The highest BCUT2D eigenvalue weighted by molar-refractivity contribution is 9.10. The molecule has 3 rings (SSSR count). The molecule has 2 aliphatic heterocycles. The van der Waals surface area contributed by atoms with Gasteiger partial charge in [-0.3, -0.25) is 4.79 Å². The number of nitrogens with zero attached hydrogens (tertiary/aromatic N) is 1. The van der Waals surface area contributed by atoms with Crippen LogP contribution in [0.15, 0.2) is 28.7 Å². The van der Waals surface area contributed by atoms with Crippen molar-refractivity contribution < 1.29 is 9.53 Å². The molecule has 2 saturated heterocycles. The molecule has 21 heavy (non-hydrogen) atoms. The molecule has 1 N–H and O–H groups in total. The second kappa shape index (κ2) is 6.90. The molecular weight excluding hydrogens is 332 g/mol. The van der Waals surface area contributed by atoms with Gasteiger partial charge in [0.1, 0.15) is 0 Å². The molecule has 2 heterocycles. The van der Waals surface area contributed by atoms with Crippen LogP contribution in [0.1, 0.15) is 30.9 Å². The maximum atomic E-state index is 12.6. The molecule has 5 heteroatoms. The summed E-state index contributed by atoms with van der Waals surface area (Å²) in [6.07, 6.45) is 2.63. The van der Waals surface area contributed by atoms with Crippen molar-refractivity contribution in [2.24, 2.45) is 0 Å². The van der Waals surface area contributed by atoms with E-state index in [9.17, 15) is 4.79 Å². The summed E-state index contributed by atoms with van der Waals surface area (Å²) < 4.78 is 6.72. The SMILES string of the molecule is O=C(CC1CNCCO1)N1CCCC1c1cccc(Br)c1. The standard InChI is InChI=1S/C16H21BrN2O2/c17-13-4-1-3-12(9-13)15-5-2-7-19(15)16(20)10-14-11-18-6-8-21-14/h1,3-4,9,14-15,18H,2,5-8,10-11H2. The van der Waals surface area contributed by atoms with E-state index in [2.05, 4.69) is 33.4 Å². The molecule has 2 fully saturated rings. The van der Waals surface area contributed by atoms with Crippen LogP contribution in [0.5, 0.6) is 0 Å². The maximum absolute atomic E-state index is 12.6. The third-order valence-electron chi connectivity index (χ3n) is 4.21. The van der Waals surface area contributed by atoms with Gasteiger partial charge < -0.3 is 15.0 Å². The number of carbonyl (C=O) groups excluding carboxylic acids is 1. The Morgan fingerprint density at radius 1 is 1.48 bits per heavy atom. The first-order chi connectivity index (χ1) is 10.2. The molecular formula is C16H21BrN2O2. The fraction of sp³-hybridized carbons (Fsp3) is 0.562. The number of likely N-dealkylation sites (tertiary alicyclic amines) is 1. The molecule has 1 amide bonds. The topological polar surface area (TPSA) is 41.6 Å². The highest BCUT2D eigenvalue weighted by Gasteiger charge is 2.31. The lowest BCUT2D eigenvalue weighted by atomic mass is 10.0. The second-order valence-corrected chi connectivity index (χ2v) is 6.62. The fourth-order valence-electron chi connectivity index (χ4n) is 3.19. The molecule has 0 radical (unpaired) electrons. The van der Waals surface area contributed by atoms with E-state index >= 15 is 0 Å². The number of ether oxygens (including phenoxy) is 1. The van der Waals surface area contributed by atoms with Crippen LogP contribution < -0.4 is 5.32 Å².